The molecule has 0 heterocycles. The van der Waals surface area contributed by atoms with Gasteiger partial charge in [-0.2, -0.15) is 0 Å². The fraction of sp³-hybridized carbons (Fsp3) is 0.217. The van der Waals surface area contributed by atoms with Crippen LogP contribution in [0, 0.1) is 0 Å². The van der Waals surface area contributed by atoms with Gasteiger partial charge in [-0.1, -0.05) is 32.2 Å². The lowest BCUT2D eigenvalue weighted by Gasteiger charge is -2.13. The van der Waals surface area contributed by atoms with Crippen molar-refractivity contribution in [1.29, 1.82) is 0 Å². The molecular formula is C23H22O4. The second kappa shape index (κ2) is 7.23. The summed E-state index contributed by atoms with van der Waals surface area (Å²) in [5, 5.41) is 0. The summed E-state index contributed by atoms with van der Waals surface area (Å²) in [5.41, 5.74) is 5.12. The van der Waals surface area contributed by atoms with Crippen LogP contribution in [0.2, 0.25) is 0 Å². The summed E-state index contributed by atoms with van der Waals surface area (Å²) in [5.74, 6) is 0.269. The first-order chi connectivity index (χ1) is 12.8. The number of esters is 2. The van der Waals surface area contributed by atoms with E-state index in [4.69, 9.17) is 9.47 Å². The Morgan fingerprint density at radius 3 is 1.59 bits per heavy atom. The number of carbonyl (C=O) groups excluding carboxylic acids is 2. The van der Waals surface area contributed by atoms with Crippen LogP contribution < -0.4 is 9.47 Å². The summed E-state index contributed by atoms with van der Waals surface area (Å²) in [6.45, 7) is 12.6. The Kier molecular flexibility index (Phi) is 5.00. The van der Waals surface area contributed by atoms with Crippen LogP contribution in [0.1, 0.15) is 44.2 Å². The van der Waals surface area contributed by atoms with Crippen molar-refractivity contribution in [2.45, 2.75) is 33.1 Å². The molecular weight excluding hydrogens is 340 g/mol. The monoisotopic (exact) mass is 362 g/mol. The highest BCUT2D eigenvalue weighted by Crippen LogP contribution is 2.48. The average Bonchev–Trinajstić information content (AvgIpc) is 2.93. The molecule has 0 N–H and O–H groups in total. The third-order valence-corrected chi connectivity index (χ3v) is 4.61. The molecule has 0 fully saturated rings. The van der Waals surface area contributed by atoms with Gasteiger partial charge in [0.25, 0.3) is 0 Å². The van der Waals surface area contributed by atoms with Gasteiger partial charge in [0, 0.05) is 17.1 Å². The second-order valence-corrected chi connectivity index (χ2v) is 6.80. The fourth-order valence-corrected chi connectivity index (χ4v) is 3.27. The van der Waals surface area contributed by atoms with Crippen molar-refractivity contribution in [3.63, 3.8) is 0 Å². The van der Waals surface area contributed by atoms with Crippen LogP contribution >= 0.6 is 0 Å². The van der Waals surface area contributed by atoms with Gasteiger partial charge < -0.3 is 9.47 Å². The van der Waals surface area contributed by atoms with Crippen molar-refractivity contribution in [2.24, 2.45) is 0 Å². The lowest BCUT2D eigenvalue weighted by Crippen LogP contribution is -2.08. The smallest absolute Gasteiger partial charge is 0.338 e. The second-order valence-electron chi connectivity index (χ2n) is 6.80. The number of benzene rings is 2. The van der Waals surface area contributed by atoms with Crippen molar-refractivity contribution >= 4 is 11.9 Å². The summed E-state index contributed by atoms with van der Waals surface area (Å²) in [4.78, 5) is 23.6. The van der Waals surface area contributed by atoms with E-state index >= 15 is 0 Å². The van der Waals surface area contributed by atoms with Crippen LogP contribution in [0.15, 0.2) is 60.7 Å². The minimum Gasteiger partial charge on any atom is -0.423 e. The van der Waals surface area contributed by atoms with Gasteiger partial charge in [0.1, 0.15) is 11.5 Å². The maximum absolute atomic E-state index is 11.8. The zero-order valence-electron chi connectivity index (χ0n) is 15.8. The molecule has 0 bridgehead atoms. The molecule has 2 aromatic rings. The Hall–Kier alpha value is -3.14. The number of hydrogen-bond acceptors (Lipinski definition) is 4. The minimum atomic E-state index is -0.437. The van der Waals surface area contributed by atoms with Crippen molar-refractivity contribution in [1.82, 2.24) is 0 Å². The van der Waals surface area contributed by atoms with Gasteiger partial charge in [0.15, 0.2) is 0 Å². The molecule has 138 valence electrons. The van der Waals surface area contributed by atoms with Crippen LogP contribution in [-0.4, -0.2) is 11.9 Å². The Morgan fingerprint density at radius 1 is 0.852 bits per heavy atom. The molecule has 4 heteroatoms. The van der Waals surface area contributed by atoms with E-state index < -0.39 is 11.9 Å². The molecule has 0 spiro atoms. The predicted molar refractivity (Wildman–Crippen MR) is 105 cm³/mol. The van der Waals surface area contributed by atoms with Gasteiger partial charge in [-0.15, -0.1) is 0 Å². The molecule has 27 heavy (non-hydrogen) atoms. The molecule has 0 amide bonds. The largest absolute Gasteiger partial charge is 0.423 e. The highest BCUT2D eigenvalue weighted by molar-refractivity contribution is 5.90. The van der Waals surface area contributed by atoms with Crippen LogP contribution in [-0.2, 0) is 9.59 Å². The first-order valence-corrected chi connectivity index (χ1v) is 8.85. The SMILES string of the molecule is C=C(C)C(=O)Oc1ccc2c(c1)C(CC)c1cc(OC(=O)C(=C)C)ccc1-2. The fourth-order valence-electron chi connectivity index (χ4n) is 3.27. The van der Waals surface area contributed by atoms with E-state index in [9.17, 15) is 9.59 Å². The lowest BCUT2D eigenvalue weighted by atomic mass is 9.94. The number of rotatable bonds is 5. The maximum atomic E-state index is 11.8. The molecule has 0 atom stereocenters. The quantitative estimate of drug-likeness (QED) is 0.418. The molecule has 3 rings (SSSR count). The summed E-state index contributed by atoms with van der Waals surface area (Å²) in [7, 11) is 0. The van der Waals surface area contributed by atoms with E-state index in [1.165, 1.54) is 0 Å². The first-order valence-electron chi connectivity index (χ1n) is 8.85. The molecule has 0 radical (unpaired) electrons. The predicted octanol–water partition coefficient (Wildman–Crippen LogP) is 5.17. The number of fused-ring (bicyclic) bond motifs is 3. The Balaban J connectivity index is 1.96. The van der Waals surface area contributed by atoms with E-state index in [1.54, 1.807) is 26.0 Å². The number of ether oxygens (including phenoxy) is 2. The van der Waals surface area contributed by atoms with Gasteiger partial charge in [-0.25, -0.2) is 9.59 Å². The van der Waals surface area contributed by atoms with Crippen LogP contribution in [0.3, 0.4) is 0 Å². The van der Waals surface area contributed by atoms with Crippen molar-refractivity contribution in [3.05, 3.63) is 71.8 Å². The molecule has 0 unspecified atom stereocenters. The lowest BCUT2D eigenvalue weighted by molar-refractivity contribution is -0.130. The molecule has 2 aromatic carbocycles. The third-order valence-electron chi connectivity index (χ3n) is 4.61. The summed E-state index contributed by atoms with van der Waals surface area (Å²) in [6.07, 6.45) is 0.871. The normalized spacial score (nSPS) is 12.1. The van der Waals surface area contributed by atoms with Gasteiger partial charge in [-0.05, 0) is 66.8 Å². The van der Waals surface area contributed by atoms with Crippen LogP contribution in [0.25, 0.3) is 11.1 Å². The van der Waals surface area contributed by atoms with Crippen molar-refractivity contribution in [2.75, 3.05) is 0 Å². The number of hydrogen-bond donors (Lipinski definition) is 0. The maximum Gasteiger partial charge on any atom is 0.338 e. The van der Waals surface area contributed by atoms with E-state index in [0.29, 0.717) is 22.6 Å². The Bertz CT molecular complexity index is 891. The molecule has 4 nitrogen and oxygen atoms in total. The molecule has 0 aromatic heterocycles. The highest BCUT2D eigenvalue weighted by Gasteiger charge is 2.29. The van der Waals surface area contributed by atoms with Gasteiger partial charge in [0.2, 0.25) is 0 Å². The van der Waals surface area contributed by atoms with Gasteiger partial charge in [0.05, 0.1) is 0 Å². The van der Waals surface area contributed by atoms with Crippen molar-refractivity contribution in [3.8, 4) is 22.6 Å². The molecule has 0 saturated carbocycles. The summed E-state index contributed by atoms with van der Waals surface area (Å²) >= 11 is 0. The summed E-state index contributed by atoms with van der Waals surface area (Å²) < 4.78 is 10.8. The highest BCUT2D eigenvalue weighted by atomic mass is 16.5. The summed E-state index contributed by atoms with van der Waals surface area (Å²) in [6, 6.07) is 11.3. The van der Waals surface area contributed by atoms with Crippen LogP contribution in [0.4, 0.5) is 0 Å². The third kappa shape index (κ3) is 3.56. The van der Waals surface area contributed by atoms with Gasteiger partial charge in [-0.3, -0.25) is 0 Å². The molecule has 1 aliphatic rings. The topological polar surface area (TPSA) is 52.6 Å². The van der Waals surface area contributed by atoms with E-state index in [2.05, 4.69) is 20.1 Å². The zero-order chi connectivity index (χ0) is 19.7. The van der Waals surface area contributed by atoms with E-state index in [0.717, 1.165) is 28.7 Å². The average molecular weight is 362 g/mol. The number of carbonyl (C=O) groups is 2. The Labute approximate surface area is 159 Å². The van der Waals surface area contributed by atoms with Crippen LogP contribution in [0.5, 0.6) is 11.5 Å². The molecule has 0 aliphatic heterocycles. The minimum absolute atomic E-state index is 0.141. The molecule has 0 saturated heterocycles. The standard InChI is InChI=1S/C23H22O4/c1-6-17-20-11-15(26-22(24)13(2)3)7-9-18(20)19-10-8-16(12-21(17)19)27-23(25)14(4)5/h7-12,17H,2,4,6H2,1,3,5H3. The molecule has 1 aliphatic carbocycles. The van der Waals surface area contributed by atoms with E-state index in [1.807, 2.05) is 24.3 Å². The Morgan fingerprint density at radius 2 is 1.26 bits per heavy atom. The zero-order valence-corrected chi connectivity index (χ0v) is 15.8. The van der Waals surface area contributed by atoms with Crippen molar-refractivity contribution < 1.29 is 19.1 Å². The first kappa shape index (κ1) is 18.6. The van der Waals surface area contributed by atoms with E-state index in [-0.39, 0.29) is 5.92 Å². The van der Waals surface area contributed by atoms with Gasteiger partial charge >= 0.3 is 11.9 Å².